The average Bonchev–Trinajstić information content (AvgIpc) is 2.13. The second-order valence-corrected chi connectivity index (χ2v) is 2.93. The number of aliphatic hydroxyl groups is 1. The number of aliphatic hydroxyl groups excluding tert-OH is 1. The molecule has 0 fully saturated rings. The van der Waals surface area contributed by atoms with Crippen LogP contribution in [0.5, 0.6) is 0 Å². The third kappa shape index (κ3) is 9.33. The first-order valence-electron chi connectivity index (χ1n) is 4.74. The van der Waals surface area contributed by atoms with E-state index in [9.17, 15) is 0 Å². The molecule has 0 radical (unpaired) electrons. The summed E-state index contributed by atoms with van der Waals surface area (Å²) >= 11 is 0. The number of rotatable bonds is 9. The van der Waals surface area contributed by atoms with Gasteiger partial charge in [-0.25, -0.2) is 0 Å². The number of hydrogen-bond donors (Lipinski definition) is 4. The van der Waals surface area contributed by atoms with Gasteiger partial charge < -0.3 is 21.5 Å². The zero-order chi connectivity index (χ0) is 9.94. The third-order valence-electron chi connectivity index (χ3n) is 1.61. The predicted molar refractivity (Wildman–Crippen MR) is 55.4 cm³/mol. The molecule has 0 saturated heterocycles. The average molecular weight is 187 g/mol. The Kier molecular flexibility index (Phi) is 9.08. The molecular weight excluding hydrogens is 166 g/mol. The number of hydrogen-bond acceptors (Lipinski definition) is 4. The highest BCUT2D eigenvalue weighted by Gasteiger charge is 1.91. The summed E-state index contributed by atoms with van der Waals surface area (Å²) in [7, 11) is 0. The Morgan fingerprint density at radius 1 is 1.31 bits per heavy atom. The van der Waals surface area contributed by atoms with Gasteiger partial charge in [-0.05, 0) is 25.9 Å². The van der Waals surface area contributed by atoms with Crippen molar-refractivity contribution in [2.24, 2.45) is 5.73 Å². The van der Waals surface area contributed by atoms with Crippen molar-refractivity contribution in [3.05, 3.63) is 12.3 Å². The third-order valence-corrected chi connectivity index (χ3v) is 1.61. The minimum Gasteiger partial charge on any atom is -0.396 e. The van der Waals surface area contributed by atoms with Crippen LogP contribution in [0.3, 0.4) is 0 Å². The Balaban J connectivity index is 3.11. The second kappa shape index (κ2) is 9.51. The lowest BCUT2D eigenvalue weighted by molar-refractivity contribution is 0.287. The second-order valence-electron chi connectivity index (χ2n) is 2.93. The van der Waals surface area contributed by atoms with Gasteiger partial charge in [0.25, 0.3) is 0 Å². The summed E-state index contributed by atoms with van der Waals surface area (Å²) in [6.45, 7) is 7.26. The topological polar surface area (TPSA) is 70.3 Å². The molecule has 0 aromatic rings. The highest BCUT2D eigenvalue weighted by atomic mass is 16.3. The van der Waals surface area contributed by atoms with Crippen LogP contribution in [0.1, 0.15) is 12.8 Å². The van der Waals surface area contributed by atoms with E-state index in [1.54, 1.807) is 0 Å². The highest BCUT2D eigenvalue weighted by Crippen LogP contribution is 1.82. The van der Waals surface area contributed by atoms with Crippen LogP contribution in [-0.4, -0.2) is 37.9 Å². The molecule has 0 amide bonds. The Labute approximate surface area is 80.2 Å². The van der Waals surface area contributed by atoms with Gasteiger partial charge in [-0.3, -0.25) is 0 Å². The minimum absolute atomic E-state index is 0.223. The van der Waals surface area contributed by atoms with Gasteiger partial charge in [0.15, 0.2) is 0 Å². The maximum absolute atomic E-state index is 8.53. The van der Waals surface area contributed by atoms with Crippen LogP contribution in [0, 0.1) is 0 Å². The largest absolute Gasteiger partial charge is 0.396 e. The fraction of sp³-hybridized carbons (Fsp3) is 0.778. The fourth-order valence-corrected chi connectivity index (χ4v) is 0.873. The van der Waals surface area contributed by atoms with E-state index in [0.717, 1.165) is 44.7 Å². The molecule has 4 heteroatoms. The number of nitrogens with one attached hydrogen (secondary N) is 2. The molecule has 0 atom stereocenters. The molecule has 0 spiro atoms. The molecule has 0 unspecified atom stereocenters. The van der Waals surface area contributed by atoms with E-state index in [1.165, 1.54) is 0 Å². The quantitative estimate of drug-likeness (QED) is 0.364. The number of nitrogens with two attached hydrogens (primary N) is 1. The van der Waals surface area contributed by atoms with Crippen LogP contribution in [0.25, 0.3) is 0 Å². The first-order valence-corrected chi connectivity index (χ1v) is 4.74. The van der Waals surface area contributed by atoms with Crippen molar-refractivity contribution in [1.29, 1.82) is 0 Å². The van der Waals surface area contributed by atoms with E-state index in [-0.39, 0.29) is 6.61 Å². The Bertz CT molecular complexity index is 128. The molecule has 0 heterocycles. The molecule has 4 nitrogen and oxygen atoms in total. The highest BCUT2D eigenvalue weighted by molar-refractivity contribution is 4.93. The standard InChI is InChI=1S/C9H21N3O/c1-9(12-6-3-7-13)8-11-5-2-4-10/h11-13H,1-8,10H2. The van der Waals surface area contributed by atoms with Crippen LogP contribution in [0.15, 0.2) is 12.3 Å². The van der Waals surface area contributed by atoms with Crippen molar-refractivity contribution in [3.63, 3.8) is 0 Å². The molecule has 0 bridgehead atoms. The van der Waals surface area contributed by atoms with Crippen LogP contribution in [0.4, 0.5) is 0 Å². The molecule has 0 aromatic carbocycles. The normalized spacial score (nSPS) is 10.0. The lowest BCUT2D eigenvalue weighted by Crippen LogP contribution is -2.27. The Hall–Kier alpha value is -0.580. The van der Waals surface area contributed by atoms with Crippen LogP contribution < -0.4 is 16.4 Å². The van der Waals surface area contributed by atoms with E-state index >= 15 is 0 Å². The molecular formula is C9H21N3O. The van der Waals surface area contributed by atoms with Crippen LogP contribution in [-0.2, 0) is 0 Å². The molecule has 0 aliphatic carbocycles. The van der Waals surface area contributed by atoms with Gasteiger partial charge in [-0.2, -0.15) is 0 Å². The van der Waals surface area contributed by atoms with E-state index in [1.807, 2.05) is 0 Å². The van der Waals surface area contributed by atoms with Crippen LogP contribution >= 0.6 is 0 Å². The first kappa shape index (κ1) is 12.4. The minimum atomic E-state index is 0.223. The van der Waals surface area contributed by atoms with Crippen molar-refractivity contribution < 1.29 is 5.11 Å². The van der Waals surface area contributed by atoms with E-state index in [2.05, 4.69) is 17.2 Å². The molecule has 78 valence electrons. The van der Waals surface area contributed by atoms with E-state index < -0.39 is 0 Å². The predicted octanol–water partition coefficient (Wildman–Crippen LogP) is -0.589. The smallest absolute Gasteiger partial charge is 0.0447 e. The Morgan fingerprint density at radius 3 is 2.69 bits per heavy atom. The lowest BCUT2D eigenvalue weighted by Gasteiger charge is -2.09. The summed E-state index contributed by atoms with van der Waals surface area (Å²) in [6, 6.07) is 0. The van der Waals surface area contributed by atoms with Crippen molar-refractivity contribution in [3.8, 4) is 0 Å². The molecule has 0 aliphatic rings. The first-order chi connectivity index (χ1) is 6.31. The zero-order valence-electron chi connectivity index (χ0n) is 8.18. The van der Waals surface area contributed by atoms with Gasteiger partial charge in [0.1, 0.15) is 0 Å². The molecule has 0 aliphatic heterocycles. The van der Waals surface area contributed by atoms with Gasteiger partial charge in [-0.15, -0.1) is 0 Å². The molecule has 13 heavy (non-hydrogen) atoms. The summed E-state index contributed by atoms with van der Waals surface area (Å²) < 4.78 is 0. The lowest BCUT2D eigenvalue weighted by atomic mass is 10.4. The summed E-state index contributed by atoms with van der Waals surface area (Å²) in [5, 5.41) is 14.8. The summed E-state index contributed by atoms with van der Waals surface area (Å²) in [6.07, 6.45) is 1.76. The van der Waals surface area contributed by atoms with Gasteiger partial charge in [0.2, 0.25) is 0 Å². The molecule has 0 rings (SSSR count). The maximum atomic E-state index is 8.53. The van der Waals surface area contributed by atoms with Crippen molar-refractivity contribution in [2.45, 2.75) is 12.8 Å². The van der Waals surface area contributed by atoms with Crippen LogP contribution in [0.2, 0.25) is 0 Å². The maximum Gasteiger partial charge on any atom is 0.0447 e. The van der Waals surface area contributed by atoms with Gasteiger partial charge in [0.05, 0.1) is 0 Å². The SMILES string of the molecule is C=C(CNCCCN)NCCCO. The van der Waals surface area contributed by atoms with E-state index in [4.69, 9.17) is 10.8 Å². The van der Waals surface area contributed by atoms with Crippen molar-refractivity contribution in [1.82, 2.24) is 10.6 Å². The van der Waals surface area contributed by atoms with Crippen molar-refractivity contribution >= 4 is 0 Å². The summed E-state index contributed by atoms with van der Waals surface area (Å²) in [5.74, 6) is 0. The molecule has 0 saturated carbocycles. The summed E-state index contributed by atoms with van der Waals surface area (Å²) in [4.78, 5) is 0. The Morgan fingerprint density at radius 2 is 2.08 bits per heavy atom. The van der Waals surface area contributed by atoms with Gasteiger partial charge >= 0.3 is 0 Å². The fourth-order valence-electron chi connectivity index (χ4n) is 0.873. The van der Waals surface area contributed by atoms with Gasteiger partial charge in [-0.1, -0.05) is 6.58 Å². The molecule has 5 N–H and O–H groups in total. The zero-order valence-corrected chi connectivity index (χ0v) is 8.18. The van der Waals surface area contributed by atoms with Gasteiger partial charge in [0, 0.05) is 25.4 Å². The summed E-state index contributed by atoms with van der Waals surface area (Å²) in [5.41, 5.74) is 6.30. The van der Waals surface area contributed by atoms with Crippen molar-refractivity contribution in [2.75, 3.05) is 32.8 Å². The molecule has 0 aromatic heterocycles. The van der Waals surface area contributed by atoms with E-state index in [0.29, 0.717) is 0 Å². The monoisotopic (exact) mass is 187 g/mol.